The van der Waals surface area contributed by atoms with Crippen LogP contribution in [0.15, 0.2) is 11.6 Å². The van der Waals surface area contributed by atoms with E-state index in [2.05, 4.69) is 6.92 Å². The van der Waals surface area contributed by atoms with Crippen molar-refractivity contribution in [3.63, 3.8) is 0 Å². The molecular weight excluding hydrogens is 534 g/mol. The molecule has 0 aromatic rings. The number of Topliss-reactive ketones (excluding diaryl/α,β-unsaturated/α-hetero) is 1. The van der Waals surface area contributed by atoms with Crippen molar-refractivity contribution in [1.82, 2.24) is 4.90 Å². The number of allylic oxidation sites excluding steroid dienone is 1. The number of carboxylic acid groups (broad SMARTS) is 1. The molecule has 1 amide bonds. The van der Waals surface area contributed by atoms with Crippen LogP contribution in [0.25, 0.3) is 0 Å². The number of likely N-dealkylation sites (tertiary alicyclic amines) is 1. The summed E-state index contributed by atoms with van der Waals surface area (Å²) in [7, 11) is 0. The van der Waals surface area contributed by atoms with Gasteiger partial charge in [0.1, 0.15) is 11.6 Å². The zero-order valence-corrected chi connectivity index (χ0v) is 23.7. The van der Waals surface area contributed by atoms with E-state index >= 15 is 0 Å². The molecule has 1 heterocycles. The molecule has 4 N–H and O–H groups in total. The normalized spacial score (nSPS) is 41.6. The number of aliphatic hydroxyl groups is 3. The van der Waals surface area contributed by atoms with Gasteiger partial charge >= 0.3 is 11.9 Å². The van der Waals surface area contributed by atoms with Gasteiger partial charge in [-0.1, -0.05) is 19.4 Å². The molecule has 5 aliphatic rings. The van der Waals surface area contributed by atoms with Crippen LogP contribution in [0, 0.1) is 28.6 Å². The fourth-order valence-electron chi connectivity index (χ4n) is 9.16. The van der Waals surface area contributed by atoms with Gasteiger partial charge in [-0.3, -0.25) is 19.2 Å². The van der Waals surface area contributed by atoms with Crippen molar-refractivity contribution < 1.29 is 49.1 Å². The van der Waals surface area contributed by atoms with Crippen molar-refractivity contribution in [2.75, 3.05) is 13.2 Å². The Morgan fingerprint density at radius 2 is 1.80 bits per heavy atom. The molecule has 9 atom stereocenters. The lowest BCUT2D eigenvalue weighted by Gasteiger charge is -2.60. The molecule has 5 rings (SSSR count). The lowest BCUT2D eigenvalue weighted by Crippen LogP contribution is -2.62. The third-order valence-corrected chi connectivity index (χ3v) is 11.3. The molecule has 0 bridgehead atoms. The highest BCUT2D eigenvalue weighted by Crippen LogP contribution is 2.67. The van der Waals surface area contributed by atoms with E-state index in [0.29, 0.717) is 19.3 Å². The van der Waals surface area contributed by atoms with Gasteiger partial charge in [-0.2, -0.15) is 0 Å². The zero-order chi connectivity index (χ0) is 29.9. The number of carbonyl (C=O) groups excluding carboxylic acids is 4. The second-order valence-corrected chi connectivity index (χ2v) is 13.3. The molecule has 11 nitrogen and oxygen atoms in total. The molecule has 4 aliphatic carbocycles. The molecule has 0 radical (unpaired) electrons. The minimum atomic E-state index is -1.78. The molecule has 41 heavy (non-hydrogen) atoms. The van der Waals surface area contributed by atoms with Crippen LogP contribution in [0.5, 0.6) is 0 Å². The molecule has 0 aromatic carbocycles. The molecule has 1 saturated heterocycles. The first-order chi connectivity index (χ1) is 19.2. The number of rotatable bonds is 7. The lowest BCUT2D eigenvalue weighted by atomic mass is 9.45. The van der Waals surface area contributed by atoms with Crippen LogP contribution in [0.3, 0.4) is 0 Å². The molecular formula is C30H41NO10. The number of ether oxygens (including phenoxy) is 1. The Bertz CT molecular complexity index is 1180. The molecule has 1 aliphatic heterocycles. The summed E-state index contributed by atoms with van der Waals surface area (Å²) in [5, 5.41) is 42.3. The van der Waals surface area contributed by atoms with E-state index in [1.807, 2.05) is 6.92 Å². The summed E-state index contributed by atoms with van der Waals surface area (Å²) in [6, 6.07) is -1.15. The van der Waals surface area contributed by atoms with Gasteiger partial charge in [-0.05, 0) is 67.8 Å². The monoisotopic (exact) mass is 575 g/mol. The number of nitrogens with zero attached hydrogens (tertiary/aromatic N) is 1. The Kier molecular flexibility index (Phi) is 7.70. The zero-order valence-electron chi connectivity index (χ0n) is 23.7. The van der Waals surface area contributed by atoms with Crippen molar-refractivity contribution in [3.8, 4) is 0 Å². The number of aliphatic carboxylic acids is 1. The van der Waals surface area contributed by atoms with Gasteiger partial charge in [0.25, 0.3) is 0 Å². The lowest BCUT2D eigenvalue weighted by molar-refractivity contribution is -0.184. The molecule has 0 spiro atoms. The number of β-amino-alcohol motifs (C(OH)–C–C–N with tert-alkyl or cyclic N) is 1. The Hall–Kier alpha value is -2.63. The summed E-state index contributed by atoms with van der Waals surface area (Å²) in [4.78, 5) is 62.8. The molecule has 0 aromatic heterocycles. The van der Waals surface area contributed by atoms with Gasteiger partial charge in [0.2, 0.25) is 11.7 Å². The van der Waals surface area contributed by atoms with E-state index < -0.39 is 59.5 Å². The predicted octanol–water partition coefficient (Wildman–Crippen LogP) is 1.16. The molecule has 226 valence electrons. The van der Waals surface area contributed by atoms with Crippen molar-refractivity contribution in [2.45, 2.75) is 102 Å². The van der Waals surface area contributed by atoms with E-state index in [4.69, 9.17) is 4.74 Å². The van der Waals surface area contributed by atoms with Gasteiger partial charge in [-0.15, -0.1) is 0 Å². The Labute approximate surface area is 238 Å². The maximum atomic E-state index is 13.4. The van der Waals surface area contributed by atoms with E-state index in [9.17, 15) is 44.4 Å². The highest BCUT2D eigenvalue weighted by atomic mass is 16.5. The average molecular weight is 576 g/mol. The first-order valence-electron chi connectivity index (χ1n) is 14.7. The van der Waals surface area contributed by atoms with Crippen LogP contribution in [-0.4, -0.2) is 91.7 Å². The first kappa shape index (κ1) is 29.8. The van der Waals surface area contributed by atoms with Crippen molar-refractivity contribution >= 4 is 29.4 Å². The minimum absolute atomic E-state index is 0.00725. The standard InChI is InChI=1S/C30H41NO10/c1-28-9-7-17(32)11-16(28)3-4-19-20-8-10-30(40,29(20,2)13-22(34)26(19)28)23(35)15-41-25(37)6-5-24(36)31-14-18(33)12-21(31)27(38)39/h11,18-22,26,33-34,40H,3-10,12-15H2,1-2H3,(H,38,39)/t18-,19-,20+,21-,22+,26+,28+,29+,30+/m1/s1. The fraction of sp³-hybridized carbons (Fsp3) is 0.767. The minimum Gasteiger partial charge on any atom is -0.480 e. The second kappa shape index (κ2) is 10.6. The SMILES string of the molecule is C[C@]12CCC(=O)C=C1CC[C@H]1[C@H]2[C@@H](O)C[C@@]2(C)[C@H]1CC[C@]2(O)C(=O)COC(=O)CCC(=O)N1C[C@H](O)C[C@@H]1C(=O)O. The van der Waals surface area contributed by atoms with Crippen LogP contribution >= 0.6 is 0 Å². The van der Waals surface area contributed by atoms with E-state index in [0.717, 1.165) is 23.3 Å². The summed E-state index contributed by atoms with van der Waals surface area (Å²) in [5.41, 5.74) is -1.86. The third-order valence-electron chi connectivity index (χ3n) is 11.3. The van der Waals surface area contributed by atoms with Gasteiger partial charge in [0, 0.05) is 31.2 Å². The highest BCUT2D eigenvalue weighted by molar-refractivity contribution is 5.92. The quantitative estimate of drug-likeness (QED) is 0.322. The van der Waals surface area contributed by atoms with Crippen molar-refractivity contribution in [2.24, 2.45) is 28.6 Å². The van der Waals surface area contributed by atoms with Crippen LogP contribution in [0.2, 0.25) is 0 Å². The van der Waals surface area contributed by atoms with Gasteiger partial charge in [0.05, 0.1) is 18.6 Å². The van der Waals surface area contributed by atoms with Crippen LogP contribution in [0.1, 0.15) is 78.1 Å². The predicted molar refractivity (Wildman–Crippen MR) is 142 cm³/mol. The number of carboxylic acids is 1. The molecule has 4 fully saturated rings. The number of carbonyl (C=O) groups is 5. The van der Waals surface area contributed by atoms with Crippen LogP contribution in [-0.2, 0) is 28.7 Å². The Morgan fingerprint density at radius 3 is 2.51 bits per heavy atom. The number of esters is 1. The largest absolute Gasteiger partial charge is 0.480 e. The van der Waals surface area contributed by atoms with E-state index in [1.165, 1.54) is 0 Å². The maximum Gasteiger partial charge on any atom is 0.326 e. The third kappa shape index (κ3) is 4.83. The smallest absolute Gasteiger partial charge is 0.326 e. The van der Waals surface area contributed by atoms with Crippen LogP contribution < -0.4 is 0 Å². The Balaban J connectivity index is 1.21. The van der Waals surface area contributed by atoms with Gasteiger partial charge < -0.3 is 30.1 Å². The van der Waals surface area contributed by atoms with Crippen LogP contribution in [0.4, 0.5) is 0 Å². The topological polar surface area (TPSA) is 179 Å². The van der Waals surface area contributed by atoms with E-state index in [1.54, 1.807) is 6.08 Å². The number of aliphatic hydroxyl groups excluding tert-OH is 2. The number of hydrogen-bond acceptors (Lipinski definition) is 9. The number of ketones is 2. The summed E-state index contributed by atoms with van der Waals surface area (Å²) in [6.45, 7) is 3.20. The average Bonchev–Trinajstić information content (AvgIpc) is 3.43. The van der Waals surface area contributed by atoms with Crippen molar-refractivity contribution in [1.29, 1.82) is 0 Å². The number of amides is 1. The highest BCUT2D eigenvalue weighted by Gasteiger charge is 2.68. The molecule has 3 saturated carbocycles. The van der Waals surface area contributed by atoms with Crippen molar-refractivity contribution in [3.05, 3.63) is 11.6 Å². The summed E-state index contributed by atoms with van der Waals surface area (Å²) in [6.07, 6.45) is 2.99. The van der Waals surface area contributed by atoms with Gasteiger partial charge in [0.15, 0.2) is 12.4 Å². The van der Waals surface area contributed by atoms with Gasteiger partial charge in [-0.25, -0.2) is 4.79 Å². The fourth-order valence-corrected chi connectivity index (χ4v) is 9.16. The summed E-state index contributed by atoms with van der Waals surface area (Å²) >= 11 is 0. The number of fused-ring (bicyclic) bond motifs is 5. The number of hydrogen-bond donors (Lipinski definition) is 4. The molecule has 11 heteroatoms. The summed E-state index contributed by atoms with van der Waals surface area (Å²) < 4.78 is 5.16. The first-order valence-corrected chi connectivity index (χ1v) is 14.7. The summed E-state index contributed by atoms with van der Waals surface area (Å²) in [5.74, 6) is -3.13. The maximum absolute atomic E-state index is 13.4. The molecule has 0 unspecified atom stereocenters. The Morgan fingerprint density at radius 1 is 1.07 bits per heavy atom. The second-order valence-electron chi connectivity index (χ2n) is 13.3. The van der Waals surface area contributed by atoms with E-state index in [-0.39, 0.29) is 67.6 Å².